The molecule has 1 unspecified atom stereocenters. The summed E-state index contributed by atoms with van der Waals surface area (Å²) in [6.07, 6.45) is 0. The van der Waals surface area contributed by atoms with Crippen LogP contribution in [0.4, 0.5) is 5.69 Å². The zero-order valence-electron chi connectivity index (χ0n) is 17.8. The molecular formula is C25H18Cl2N2O5. The van der Waals surface area contributed by atoms with Crippen molar-refractivity contribution in [1.29, 1.82) is 0 Å². The van der Waals surface area contributed by atoms with Gasteiger partial charge in [0.25, 0.3) is 0 Å². The fourth-order valence-corrected chi connectivity index (χ4v) is 5.19. The molecule has 0 aliphatic carbocycles. The van der Waals surface area contributed by atoms with Crippen LogP contribution in [-0.4, -0.2) is 31.8 Å². The molecule has 34 heavy (non-hydrogen) atoms. The quantitative estimate of drug-likeness (QED) is 0.589. The van der Waals surface area contributed by atoms with Crippen LogP contribution >= 0.6 is 23.2 Å². The topological polar surface area (TPSA) is 77.1 Å². The molecular weight excluding hydrogens is 479 g/mol. The minimum atomic E-state index is -1.05. The van der Waals surface area contributed by atoms with Gasteiger partial charge in [0.15, 0.2) is 11.5 Å². The van der Waals surface area contributed by atoms with Gasteiger partial charge in [-0.1, -0.05) is 53.5 Å². The Hall–Kier alpha value is -3.42. The van der Waals surface area contributed by atoms with Gasteiger partial charge in [-0.05, 0) is 29.3 Å². The van der Waals surface area contributed by atoms with E-state index in [1.807, 2.05) is 30.3 Å². The van der Waals surface area contributed by atoms with Gasteiger partial charge in [0.1, 0.15) is 24.3 Å². The number of hydrogen-bond acceptors (Lipinski definition) is 5. The molecule has 172 valence electrons. The second-order valence-electron chi connectivity index (χ2n) is 8.29. The van der Waals surface area contributed by atoms with E-state index in [2.05, 4.69) is 5.32 Å². The van der Waals surface area contributed by atoms with E-state index in [0.717, 1.165) is 5.56 Å². The molecule has 3 heterocycles. The lowest BCUT2D eigenvalue weighted by atomic mass is 9.77. The molecule has 3 aromatic rings. The Bertz CT molecular complexity index is 1360. The number of amides is 2. The van der Waals surface area contributed by atoms with Gasteiger partial charge in [0, 0.05) is 23.9 Å². The van der Waals surface area contributed by atoms with Gasteiger partial charge in [-0.25, -0.2) is 0 Å². The maximum atomic E-state index is 13.9. The number of benzene rings is 3. The summed E-state index contributed by atoms with van der Waals surface area (Å²) in [5.41, 5.74) is 1.83. The van der Waals surface area contributed by atoms with E-state index < -0.39 is 5.41 Å². The molecule has 1 spiro atoms. The highest BCUT2D eigenvalue weighted by atomic mass is 35.5. The molecule has 0 saturated heterocycles. The molecule has 3 aromatic carbocycles. The summed E-state index contributed by atoms with van der Waals surface area (Å²) in [5, 5.41) is 3.64. The first-order valence-corrected chi connectivity index (χ1v) is 11.4. The fraction of sp³-hybridized carbons (Fsp3) is 0.200. The van der Waals surface area contributed by atoms with Crippen molar-refractivity contribution >= 4 is 40.7 Å². The average Bonchev–Trinajstić information content (AvgIpc) is 3.51. The molecule has 0 bridgehead atoms. The van der Waals surface area contributed by atoms with E-state index in [9.17, 15) is 9.59 Å². The van der Waals surface area contributed by atoms with Crippen LogP contribution in [0.1, 0.15) is 16.7 Å². The highest BCUT2D eigenvalue weighted by Gasteiger charge is 2.57. The number of anilines is 1. The van der Waals surface area contributed by atoms with Crippen LogP contribution in [0.2, 0.25) is 10.0 Å². The van der Waals surface area contributed by atoms with Gasteiger partial charge in [-0.3, -0.25) is 9.59 Å². The third-order valence-corrected chi connectivity index (χ3v) is 7.31. The summed E-state index contributed by atoms with van der Waals surface area (Å²) in [6, 6.07) is 16.3. The summed E-state index contributed by atoms with van der Waals surface area (Å²) < 4.78 is 17.0. The maximum Gasteiger partial charge on any atom is 0.246 e. The van der Waals surface area contributed by atoms with E-state index in [-0.39, 0.29) is 38.3 Å². The first-order chi connectivity index (χ1) is 16.5. The van der Waals surface area contributed by atoms with Gasteiger partial charge in [-0.2, -0.15) is 0 Å². The molecule has 0 radical (unpaired) electrons. The summed E-state index contributed by atoms with van der Waals surface area (Å²) in [7, 11) is 0. The first-order valence-electron chi connectivity index (χ1n) is 10.7. The van der Waals surface area contributed by atoms with Crippen LogP contribution in [0, 0.1) is 0 Å². The highest BCUT2D eigenvalue weighted by molar-refractivity contribution is 6.42. The molecule has 9 heteroatoms. The lowest BCUT2D eigenvalue weighted by molar-refractivity contribution is -0.125. The van der Waals surface area contributed by atoms with Gasteiger partial charge in [0.2, 0.25) is 18.6 Å². The summed E-state index contributed by atoms with van der Waals surface area (Å²) in [4.78, 5) is 28.3. The number of ether oxygens (including phenoxy) is 3. The number of nitrogens with zero attached hydrogens (tertiary/aromatic N) is 1. The van der Waals surface area contributed by atoms with Gasteiger partial charge in [-0.15, -0.1) is 0 Å². The maximum absolute atomic E-state index is 13.9. The molecule has 0 saturated carbocycles. The Balaban J connectivity index is 1.30. The molecule has 7 nitrogen and oxygen atoms in total. The third kappa shape index (κ3) is 3.04. The molecule has 3 aliphatic rings. The first kappa shape index (κ1) is 21.1. The van der Waals surface area contributed by atoms with Crippen molar-refractivity contribution in [2.24, 2.45) is 0 Å². The van der Waals surface area contributed by atoms with Gasteiger partial charge >= 0.3 is 0 Å². The second kappa shape index (κ2) is 7.82. The van der Waals surface area contributed by atoms with Gasteiger partial charge < -0.3 is 24.4 Å². The number of para-hydroxylation sites is 1. The predicted molar refractivity (Wildman–Crippen MR) is 126 cm³/mol. The van der Waals surface area contributed by atoms with E-state index in [0.29, 0.717) is 44.1 Å². The molecule has 6 rings (SSSR count). The lowest BCUT2D eigenvalue weighted by Gasteiger charge is -2.23. The number of carbonyl (C=O) groups is 2. The van der Waals surface area contributed by atoms with E-state index >= 15 is 0 Å². The van der Waals surface area contributed by atoms with E-state index in [1.165, 1.54) is 4.90 Å². The average molecular weight is 497 g/mol. The lowest BCUT2D eigenvalue weighted by Crippen LogP contribution is -2.46. The number of hydrogen-bond donors (Lipinski definition) is 1. The van der Waals surface area contributed by atoms with Crippen molar-refractivity contribution in [3.8, 4) is 17.2 Å². The zero-order valence-corrected chi connectivity index (χ0v) is 19.3. The largest absolute Gasteiger partial charge is 0.491 e. The van der Waals surface area contributed by atoms with Crippen molar-refractivity contribution < 1.29 is 23.8 Å². The zero-order chi connectivity index (χ0) is 23.4. The normalized spacial score (nSPS) is 19.2. The van der Waals surface area contributed by atoms with Gasteiger partial charge in [0.05, 0.1) is 10.0 Å². The predicted octanol–water partition coefficient (Wildman–Crippen LogP) is 4.06. The molecule has 0 fully saturated rings. The van der Waals surface area contributed by atoms with E-state index in [1.54, 1.807) is 24.3 Å². The van der Waals surface area contributed by atoms with Crippen LogP contribution in [0.25, 0.3) is 0 Å². The standard InChI is InChI=1S/C25H18Cl2N2O5/c26-17-6-3-4-14(23(17)27)10-28-22(30)11-29-18-7-2-1-5-15(18)25(24(29)31)12-32-19-9-21-20(8-16(19)25)33-13-34-21/h1-9H,10-13H2,(H,28,30). The van der Waals surface area contributed by atoms with Crippen LogP contribution in [0.15, 0.2) is 54.6 Å². The Morgan fingerprint density at radius 2 is 1.76 bits per heavy atom. The molecule has 3 aliphatic heterocycles. The minimum absolute atomic E-state index is 0.124. The SMILES string of the molecule is O=C(CN1C(=O)C2(COc3cc4c(cc32)OCO4)c2ccccc21)NCc1cccc(Cl)c1Cl. The van der Waals surface area contributed by atoms with E-state index in [4.69, 9.17) is 37.4 Å². The van der Waals surface area contributed by atoms with Crippen molar-refractivity contribution in [2.45, 2.75) is 12.0 Å². The smallest absolute Gasteiger partial charge is 0.246 e. The number of carbonyl (C=O) groups excluding carboxylic acids is 2. The summed E-state index contributed by atoms with van der Waals surface area (Å²) >= 11 is 12.3. The van der Waals surface area contributed by atoms with Crippen LogP contribution in [0.5, 0.6) is 17.2 Å². The Morgan fingerprint density at radius 1 is 0.971 bits per heavy atom. The third-order valence-electron chi connectivity index (χ3n) is 6.45. The van der Waals surface area contributed by atoms with Crippen LogP contribution in [0.3, 0.4) is 0 Å². The van der Waals surface area contributed by atoms with Crippen LogP contribution < -0.4 is 24.4 Å². The summed E-state index contributed by atoms with van der Waals surface area (Å²) in [6.45, 7) is 0.314. The van der Waals surface area contributed by atoms with Crippen molar-refractivity contribution in [3.63, 3.8) is 0 Å². The monoisotopic (exact) mass is 496 g/mol. The Labute approximate surface area is 205 Å². The van der Waals surface area contributed by atoms with Crippen molar-refractivity contribution in [2.75, 3.05) is 24.8 Å². The molecule has 2 amide bonds. The second-order valence-corrected chi connectivity index (χ2v) is 9.08. The minimum Gasteiger partial charge on any atom is -0.491 e. The molecule has 1 N–H and O–H groups in total. The number of rotatable bonds is 4. The van der Waals surface area contributed by atoms with Crippen LogP contribution in [-0.2, 0) is 21.5 Å². The highest BCUT2D eigenvalue weighted by Crippen LogP contribution is 2.54. The summed E-state index contributed by atoms with van der Waals surface area (Å²) in [5.74, 6) is 1.20. The Kier molecular flexibility index (Phi) is 4.86. The molecule has 1 atom stereocenters. The number of nitrogens with one attached hydrogen (secondary N) is 1. The fourth-order valence-electron chi connectivity index (χ4n) is 4.80. The molecule has 0 aromatic heterocycles. The van der Waals surface area contributed by atoms with Crippen molar-refractivity contribution in [1.82, 2.24) is 5.32 Å². The van der Waals surface area contributed by atoms with Crippen molar-refractivity contribution in [3.05, 3.63) is 81.3 Å². The number of halogens is 2. The Morgan fingerprint density at radius 3 is 2.62 bits per heavy atom. The number of fused-ring (bicyclic) bond motifs is 5.